The van der Waals surface area contributed by atoms with Crippen LogP contribution in [0, 0.1) is 12.8 Å². The number of likely N-dealkylation sites (tertiary alicyclic amines) is 1. The number of piperidine rings is 1. The summed E-state index contributed by atoms with van der Waals surface area (Å²) < 4.78 is 5.64. The molecule has 1 aromatic heterocycles. The summed E-state index contributed by atoms with van der Waals surface area (Å²) in [4.78, 5) is 15.2. The van der Waals surface area contributed by atoms with Crippen molar-refractivity contribution in [3.05, 3.63) is 59.5 Å². The Morgan fingerprint density at radius 3 is 2.65 bits per heavy atom. The molecule has 2 heterocycles. The van der Waals surface area contributed by atoms with Crippen LogP contribution in [0.5, 0.6) is 0 Å². The van der Waals surface area contributed by atoms with E-state index < -0.39 is 0 Å². The van der Waals surface area contributed by atoms with Crippen molar-refractivity contribution in [3.63, 3.8) is 0 Å². The third-order valence-electron chi connectivity index (χ3n) is 5.71. The summed E-state index contributed by atoms with van der Waals surface area (Å²) in [5, 5.41) is 3.29. The molecule has 0 bridgehead atoms. The van der Waals surface area contributed by atoms with Gasteiger partial charge in [-0.25, -0.2) is 0 Å². The summed E-state index contributed by atoms with van der Waals surface area (Å²) in [6, 6.07) is 12.9. The second-order valence-electron chi connectivity index (χ2n) is 7.86. The Balaban J connectivity index is 1.71. The van der Waals surface area contributed by atoms with E-state index >= 15 is 0 Å². The summed E-state index contributed by atoms with van der Waals surface area (Å²) in [5.74, 6) is 1.35. The van der Waals surface area contributed by atoms with Crippen LogP contribution in [-0.4, -0.2) is 36.5 Å². The molecule has 2 aromatic rings. The Labute approximate surface area is 156 Å². The highest BCUT2D eigenvalue weighted by atomic mass is 16.3. The Hall–Kier alpha value is -2.07. The number of aryl methyl sites for hydroxylation is 1. The van der Waals surface area contributed by atoms with Crippen molar-refractivity contribution < 1.29 is 9.21 Å². The van der Waals surface area contributed by atoms with Gasteiger partial charge in [0, 0.05) is 25.0 Å². The molecule has 1 N–H and O–H groups in total. The van der Waals surface area contributed by atoms with Gasteiger partial charge in [-0.3, -0.25) is 4.79 Å². The monoisotopic (exact) mass is 354 g/mol. The normalized spacial score (nSPS) is 25.0. The molecule has 1 aliphatic heterocycles. The minimum absolute atomic E-state index is 0.0513. The molecule has 0 aliphatic carbocycles. The van der Waals surface area contributed by atoms with E-state index in [1.807, 2.05) is 12.1 Å². The first kappa shape index (κ1) is 18.7. The maximum absolute atomic E-state index is 12.8. The van der Waals surface area contributed by atoms with Crippen LogP contribution in [0.3, 0.4) is 0 Å². The lowest BCUT2D eigenvalue weighted by Crippen LogP contribution is -2.52. The molecule has 0 spiro atoms. The maximum atomic E-state index is 12.8. The van der Waals surface area contributed by atoms with Gasteiger partial charge >= 0.3 is 0 Å². The topological polar surface area (TPSA) is 45.5 Å². The predicted molar refractivity (Wildman–Crippen MR) is 104 cm³/mol. The number of benzene rings is 1. The van der Waals surface area contributed by atoms with E-state index in [1.54, 1.807) is 6.26 Å². The fourth-order valence-corrected chi connectivity index (χ4v) is 3.86. The number of amides is 1. The second-order valence-corrected chi connectivity index (χ2v) is 7.86. The van der Waals surface area contributed by atoms with Gasteiger partial charge < -0.3 is 14.6 Å². The van der Waals surface area contributed by atoms with Gasteiger partial charge in [-0.2, -0.15) is 0 Å². The van der Waals surface area contributed by atoms with Gasteiger partial charge in [0.25, 0.3) is 0 Å². The average Bonchev–Trinajstić information content (AvgIpc) is 3.13. The first-order valence-corrected chi connectivity index (χ1v) is 9.53. The van der Waals surface area contributed by atoms with Crippen molar-refractivity contribution in [2.45, 2.75) is 51.6 Å². The molecule has 3 rings (SSSR count). The van der Waals surface area contributed by atoms with Gasteiger partial charge in [0.05, 0.1) is 12.2 Å². The van der Waals surface area contributed by atoms with Crippen LogP contribution in [0.4, 0.5) is 0 Å². The van der Waals surface area contributed by atoms with Crippen molar-refractivity contribution in [1.82, 2.24) is 10.2 Å². The third-order valence-corrected chi connectivity index (χ3v) is 5.71. The Morgan fingerprint density at radius 2 is 2.00 bits per heavy atom. The lowest BCUT2D eigenvalue weighted by Gasteiger charge is -2.40. The number of nitrogens with zero attached hydrogens (tertiary/aromatic N) is 1. The number of nitrogens with one attached hydrogen (secondary N) is 1. The van der Waals surface area contributed by atoms with Crippen molar-refractivity contribution >= 4 is 5.91 Å². The minimum Gasteiger partial charge on any atom is -0.469 e. The van der Waals surface area contributed by atoms with Gasteiger partial charge in [-0.1, -0.05) is 36.8 Å². The summed E-state index contributed by atoms with van der Waals surface area (Å²) in [7, 11) is 2.16. The van der Waals surface area contributed by atoms with E-state index in [2.05, 4.69) is 62.3 Å². The third kappa shape index (κ3) is 4.36. The molecule has 1 aliphatic rings. The Bertz CT molecular complexity index is 708. The smallest absolute Gasteiger partial charge is 0.221 e. The van der Waals surface area contributed by atoms with Crippen LogP contribution >= 0.6 is 0 Å². The van der Waals surface area contributed by atoms with E-state index in [0.717, 1.165) is 24.3 Å². The zero-order valence-corrected chi connectivity index (χ0v) is 16.2. The average molecular weight is 354 g/mol. The van der Waals surface area contributed by atoms with Crippen molar-refractivity contribution in [2.24, 2.45) is 5.92 Å². The molecule has 4 nitrogen and oxygen atoms in total. The number of hydrogen-bond donors (Lipinski definition) is 1. The maximum Gasteiger partial charge on any atom is 0.221 e. The van der Waals surface area contributed by atoms with Crippen LogP contribution in [0.15, 0.2) is 47.1 Å². The Morgan fingerprint density at radius 1 is 1.27 bits per heavy atom. The molecule has 4 heteroatoms. The van der Waals surface area contributed by atoms with Gasteiger partial charge in [0.15, 0.2) is 0 Å². The first-order chi connectivity index (χ1) is 12.4. The van der Waals surface area contributed by atoms with Gasteiger partial charge in [0.1, 0.15) is 5.76 Å². The van der Waals surface area contributed by atoms with E-state index in [-0.39, 0.29) is 17.9 Å². The number of rotatable bonds is 5. The SMILES string of the molecule is Cc1ccc([C@H](CC(=O)N[C@@H]2C[C@H](C)N(C)C[C@@H]2C)c2ccco2)cc1. The molecule has 0 unspecified atom stereocenters. The van der Waals surface area contributed by atoms with E-state index in [4.69, 9.17) is 4.42 Å². The highest BCUT2D eigenvalue weighted by molar-refractivity contribution is 5.77. The largest absolute Gasteiger partial charge is 0.469 e. The van der Waals surface area contributed by atoms with Crippen molar-refractivity contribution in [3.8, 4) is 0 Å². The van der Waals surface area contributed by atoms with E-state index in [9.17, 15) is 4.79 Å². The quantitative estimate of drug-likeness (QED) is 0.884. The van der Waals surface area contributed by atoms with Crippen molar-refractivity contribution in [1.29, 1.82) is 0 Å². The van der Waals surface area contributed by atoms with Crippen LogP contribution < -0.4 is 5.32 Å². The fraction of sp³-hybridized carbons (Fsp3) is 0.500. The van der Waals surface area contributed by atoms with E-state index in [0.29, 0.717) is 18.4 Å². The number of hydrogen-bond acceptors (Lipinski definition) is 3. The minimum atomic E-state index is -0.0513. The van der Waals surface area contributed by atoms with Crippen LogP contribution in [-0.2, 0) is 4.79 Å². The zero-order chi connectivity index (χ0) is 18.7. The highest BCUT2D eigenvalue weighted by Gasteiger charge is 2.31. The molecule has 26 heavy (non-hydrogen) atoms. The molecular weight excluding hydrogens is 324 g/mol. The number of furan rings is 1. The van der Waals surface area contributed by atoms with Crippen LogP contribution in [0.1, 0.15) is 49.5 Å². The van der Waals surface area contributed by atoms with Crippen LogP contribution in [0.25, 0.3) is 0 Å². The summed E-state index contributed by atoms with van der Waals surface area (Å²) >= 11 is 0. The summed E-state index contributed by atoms with van der Waals surface area (Å²) in [5.41, 5.74) is 2.33. The molecule has 1 saturated heterocycles. The molecule has 140 valence electrons. The molecule has 0 radical (unpaired) electrons. The molecular formula is C22H30N2O2. The molecule has 1 amide bonds. The molecule has 4 atom stereocenters. The number of carbonyl (C=O) groups excluding carboxylic acids is 1. The lowest BCUT2D eigenvalue weighted by molar-refractivity contribution is -0.123. The van der Waals surface area contributed by atoms with Gasteiger partial charge in [-0.05, 0) is 50.9 Å². The van der Waals surface area contributed by atoms with E-state index in [1.165, 1.54) is 5.56 Å². The summed E-state index contributed by atoms with van der Waals surface area (Å²) in [6.45, 7) is 7.53. The summed E-state index contributed by atoms with van der Waals surface area (Å²) in [6.07, 6.45) is 3.08. The Kier molecular flexibility index (Phi) is 5.82. The van der Waals surface area contributed by atoms with Crippen LogP contribution in [0.2, 0.25) is 0 Å². The van der Waals surface area contributed by atoms with Crippen molar-refractivity contribution in [2.75, 3.05) is 13.6 Å². The molecule has 1 fully saturated rings. The standard InChI is InChI=1S/C22H30N2O2/c1-15-7-9-18(10-8-15)19(21-6-5-11-26-21)13-22(25)23-20-12-17(3)24(4)14-16(20)2/h5-11,16-17,19-20H,12-14H2,1-4H3,(H,23,25)/t16-,17-,19-,20+/m0/s1. The molecule has 1 aromatic carbocycles. The van der Waals surface area contributed by atoms with Gasteiger partial charge in [0.2, 0.25) is 5.91 Å². The highest BCUT2D eigenvalue weighted by Crippen LogP contribution is 2.29. The fourth-order valence-electron chi connectivity index (χ4n) is 3.86. The second kappa shape index (κ2) is 8.09. The number of carbonyl (C=O) groups is 1. The van der Waals surface area contributed by atoms with Gasteiger partial charge in [-0.15, -0.1) is 0 Å². The zero-order valence-electron chi connectivity index (χ0n) is 16.2. The first-order valence-electron chi connectivity index (χ1n) is 9.53. The lowest BCUT2D eigenvalue weighted by atomic mass is 9.88. The molecule has 0 saturated carbocycles. The predicted octanol–water partition coefficient (Wildman–Crippen LogP) is 3.95.